The molecule has 0 aromatic rings. The van der Waals surface area contributed by atoms with Crippen LogP contribution >= 0.6 is 7.82 Å². The number of hydrogen-bond acceptors (Lipinski definition) is 4. The van der Waals surface area contributed by atoms with E-state index in [2.05, 4.69) is 0 Å². The number of phosphoric acid groups is 1. The topological polar surface area (TPSA) is 86.2 Å². The minimum Gasteiger partial charge on any atom is -0.822 e. The molecule has 0 aromatic carbocycles. The van der Waals surface area contributed by atoms with Crippen LogP contribution in [0.2, 0.25) is 0 Å². The Morgan fingerprint density at radius 3 is 1.14 bits per heavy atom. The standard InChI is InChI=1S/Mn.H3O4P.V/c;1-5(2,3)4;/h;(H3,1,2,3,4);/q+2;;+5/p-3. The summed E-state index contributed by atoms with van der Waals surface area (Å²) in [5.41, 5.74) is 0. The van der Waals surface area contributed by atoms with Crippen LogP contribution < -0.4 is 14.7 Å². The molecule has 0 saturated heterocycles. The van der Waals surface area contributed by atoms with Crippen molar-refractivity contribution >= 4 is 7.82 Å². The summed E-state index contributed by atoms with van der Waals surface area (Å²) in [5.74, 6) is 0. The number of hydrogen-bond donors (Lipinski definition) is 0. The van der Waals surface area contributed by atoms with Crippen LogP contribution in [0.5, 0.6) is 0 Å². The summed E-state index contributed by atoms with van der Waals surface area (Å²) in [4.78, 5) is 25.6. The summed E-state index contributed by atoms with van der Waals surface area (Å²) in [6.07, 6.45) is 0. The molecule has 4 nitrogen and oxygen atoms in total. The van der Waals surface area contributed by atoms with Crippen molar-refractivity contribution in [3.05, 3.63) is 0 Å². The minimum absolute atomic E-state index is 0. The molecule has 0 aliphatic heterocycles. The molecule has 1 radical (unpaired) electrons. The predicted molar refractivity (Wildman–Crippen MR) is 7.61 cm³/mol. The van der Waals surface area contributed by atoms with Gasteiger partial charge in [-0.25, -0.2) is 0 Å². The SMILES string of the molecule is O=P([O-])([O-])[O-].[Mn+2].[V+5]. The van der Waals surface area contributed by atoms with Crippen molar-refractivity contribution in [1.82, 2.24) is 0 Å². The predicted octanol–water partition coefficient (Wildman–Crippen LogP) is -2.83. The van der Waals surface area contributed by atoms with Crippen LogP contribution in [0.1, 0.15) is 0 Å². The zero-order chi connectivity index (χ0) is 4.50. The largest absolute Gasteiger partial charge is 5.00 e. The molecule has 0 fully saturated rings. The van der Waals surface area contributed by atoms with Crippen molar-refractivity contribution in [3.63, 3.8) is 0 Å². The molecule has 0 bridgehead atoms. The summed E-state index contributed by atoms with van der Waals surface area (Å²) in [7, 11) is -5.39. The Morgan fingerprint density at radius 2 is 1.14 bits per heavy atom. The normalized spacial score (nSPS) is 8.43. The first-order valence-corrected chi connectivity index (χ1v) is 2.19. The maximum absolute atomic E-state index is 8.55. The Hall–Kier alpha value is 1.21. The molecule has 7 heteroatoms. The van der Waals surface area contributed by atoms with Crippen molar-refractivity contribution in [2.45, 2.75) is 0 Å². The Balaban J connectivity index is -0.0000000800. The minimum atomic E-state index is -5.39. The molecule has 0 aliphatic carbocycles. The smallest absolute Gasteiger partial charge is 0.822 e. The maximum atomic E-state index is 8.55. The van der Waals surface area contributed by atoms with E-state index in [1.165, 1.54) is 0 Å². The quantitative estimate of drug-likeness (QED) is 0.312. The molecule has 0 rings (SSSR count). The molecule has 0 saturated carbocycles. The molecule has 37 valence electrons. The van der Waals surface area contributed by atoms with Gasteiger partial charge in [0, 0.05) is 0 Å². The molecule has 0 unspecified atom stereocenters. The Bertz CT molecular complexity index is 57.8. The second kappa shape index (κ2) is 5.35. The van der Waals surface area contributed by atoms with Gasteiger partial charge in [-0.15, -0.1) is 0 Å². The van der Waals surface area contributed by atoms with Crippen LogP contribution in [-0.4, -0.2) is 0 Å². The van der Waals surface area contributed by atoms with Gasteiger partial charge in [0.05, 0.1) is 0 Å². The average Bonchev–Trinajstić information content (AvgIpc) is 0.722. The van der Waals surface area contributed by atoms with Crippen LogP contribution in [0, 0.1) is 0 Å². The van der Waals surface area contributed by atoms with E-state index in [1.807, 2.05) is 0 Å². The second-order valence-corrected chi connectivity index (χ2v) is 1.34. The summed E-state index contributed by atoms with van der Waals surface area (Å²) in [5, 5.41) is 0. The number of rotatable bonds is 0. The Morgan fingerprint density at radius 1 is 1.14 bits per heavy atom. The van der Waals surface area contributed by atoms with Crippen LogP contribution in [0.4, 0.5) is 0 Å². The summed E-state index contributed by atoms with van der Waals surface area (Å²) in [6.45, 7) is 0. The second-order valence-electron chi connectivity index (χ2n) is 0.447. The summed E-state index contributed by atoms with van der Waals surface area (Å²) < 4.78 is 8.55. The van der Waals surface area contributed by atoms with E-state index in [-0.39, 0.29) is 35.6 Å². The first-order chi connectivity index (χ1) is 2.00. The maximum Gasteiger partial charge on any atom is 5.00 e. The van der Waals surface area contributed by atoms with Crippen molar-refractivity contribution in [2.75, 3.05) is 0 Å². The fourth-order valence-electron chi connectivity index (χ4n) is 0. The third kappa shape index (κ3) is 133. The Labute approximate surface area is 62.9 Å². The van der Waals surface area contributed by atoms with Crippen molar-refractivity contribution in [2.24, 2.45) is 0 Å². The van der Waals surface area contributed by atoms with E-state index in [4.69, 9.17) is 19.2 Å². The monoisotopic (exact) mass is 201 g/mol. The third-order valence-corrected chi connectivity index (χ3v) is 0. The molecule has 0 N–H and O–H groups in total. The van der Waals surface area contributed by atoms with Gasteiger partial charge in [-0.2, -0.15) is 7.82 Å². The molecule has 0 amide bonds. The average molecular weight is 201 g/mol. The van der Waals surface area contributed by atoms with Gasteiger partial charge in [-0.1, -0.05) is 0 Å². The first-order valence-electron chi connectivity index (χ1n) is 0.730. The van der Waals surface area contributed by atoms with Crippen molar-refractivity contribution in [3.8, 4) is 0 Å². The van der Waals surface area contributed by atoms with Gasteiger partial charge >= 0.3 is 35.6 Å². The molecule has 0 atom stereocenters. The molecular formula is MnO4PV+4. The fourth-order valence-corrected chi connectivity index (χ4v) is 0. The first kappa shape index (κ1) is 15.7. The molecule has 0 spiro atoms. The molecule has 0 aliphatic rings. The molecule has 0 heterocycles. The molecular weight excluding hydrogens is 201 g/mol. The van der Waals surface area contributed by atoms with Gasteiger partial charge in [0.15, 0.2) is 0 Å². The van der Waals surface area contributed by atoms with Crippen LogP contribution in [0.3, 0.4) is 0 Å². The van der Waals surface area contributed by atoms with Gasteiger partial charge in [0.25, 0.3) is 0 Å². The van der Waals surface area contributed by atoms with E-state index in [1.54, 1.807) is 0 Å². The summed E-state index contributed by atoms with van der Waals surface area (Å²) >= 11 is 0. The van der Waals surface area contributed by atoms with Crippen LogP contribution in [-0.2, 0) is 40.2 Å². The Kier molecular flexibility index (Phi) is 12.0. The van der Waals surface area contributed by atoms with E-state index in [0.29, 0.717) is 0 Å². The van der Waals surface area contributed by atoms with E-state index < -0.39 is 7.82 Å². The van der Waals surface area contributed by atoms with E-state index in [9.17, 15) is 0 Å². The van der Waals surface area contributed by atoms with E-state index >= 15 is 0 Å². The fraction of sp³-hybridized carbons (Fsp3) is 0. The van der Waals surface area contributed by atoms with Gasteiger partial charge in [0.2, 0.25) is 0 Å². The third-order valence-electron chi connectivity index (χ3n) is 0. The van der Waals surface area contributed by atoms with Crippen LogP contribution in [0.25, 0.3) is 0 Å². The van der Waals surface area contributed by atoms with Crippen LogP contribution in [0.15, 0.2) is 0 Å². The van der Waals surface area contributed by atoms with Crippen molar-refractivity contribution in [1.29, 1.82) is 0 Å². The molecule has 7 heavy (non-hydrogen) atoms. The van der Waals surface area contributed by atoms with Gasteiger partial charge in [0.1, 0.15) is 0 Å². The van der Waals surface area contributed by atoms with Crippen molar-refractivity contribution < 1.29 is 54.9 Å². The van der Waals surface area contributed by atoms with Gasteiger partial charge in [-0.05, 0) is 0 Å². The van der Waals surface area contributed by atoms with Gasteiger partial charge < -0.3 is 19.2 Å². The summed E-state index contributed by atoms with van der Waals surface area (Å²) in [6, 6.07) is 0. The zero-order valence-corrected chi connectivity index (χ0v) is 6.38. The van der Waals surface area contributed by atoms with Gasteiger partial charge in [-0.3, -0.25) is 0 Å². The molecule has 0 aromatic heterocycles. The zero-order valence-electron chi connectivity index (χ0n) is 2.91. The van der Waals surface area contributed by atoms with E-state index in [0.717, 1.165) is 0 Å².